The molecule has 0 saturated heterocycles. The van der Waals surface area contributed by atoms with Crippen LogP contribution >= 0.6 is 15.9 Å². The molecule has 0 bridgehead atoms. The Kier molecular flexibility index (Phi) is 5.22. The number of nitrogens with one attached hydrogen (secondary N) is 1. The van der Waals surface area contributed by atoms with E-state index in [1.165, 1.54) is 5.56 Å². The molecule has 1 N–H and O–H groups in total. The minimum Gasteiger partial charge on any atom is -0.496 e. The van der Waals surface area contributed by atoms with Gasteiger partial charge in [0, 0.05) is 44.9 Å². The Morgan fingerprint density at radius 1 is 1.00 bits per heavy atom. The molecule has 0 unspecified atom stereocenters. The van der Waals surface area contributed by atoms with E-state index in [1.807, 2.05) is 42.6 Å². The van der Waals surface area contributed by atoms with E-state index in [-0.39, 0.29) is 17.7 Å². The van der Waals surface area contributed by atoms with Gasteiger partial charge in [-0.05, 0) is 59.9 Å². The van der Waals surface area contributed by atoms with E-state index in [9.17, 15) is 4.79 Å². The molecule has 3 aromatic carbocycles. The van der Waals surface area contributed by atoms with Crippen molar-refractivity contribution in [3.8, 4) is 5.75 Å². The minimum absolute atomic E-state index is 0.149. The van der Waals surface area contributed by atoms with Gasteiger partial charge in [0.05, 0.1) is 18.7 Å². The standard InChI is InChI=1S/C29H23BrN2O2/c1-34-26-12-9-19(30)16-21(26)29-28-22(14-18(15-25(28)33)17-6-3-2-4-7-17)27-20-8-5-13-31-23(20)10-11-24(27)32-29/h2-13,16,18,29,32H,14-15H2,1H3/t18-,29+/m0/s1. The number of benzene rings is 3. The molecule has 0 fully saturated rings. The Hall–Kier alpha value is -3.44. The van der Waals surface area contributed by atoms with Crippen LogP contribution in [0.4, 0.5) is 5.69 Å². The average molecular weight is 511 g/mol. The zero-order valence-electron chi connectivity index (χ0n) is 18.7. The SMILES string of the molecule is COc1ccc(Br)cc1[C@H]1Nc2ccc3ncccc3c2C2=C1C(=O)C[C@@H](c1ccccc1)C2. The summed E-state index contributed by atoms with van der Waals surface area (Å²) in [4.78, 5) is 18.4. The second kappa shape index (κ2) is 8.41. The highest BCUT2D eigenvalue weighted by Crippen LogP contribution is 2.52. The van der Waals surface area contributed by atoms with Crippen LogP contribution in [-0.2, 0) is 4.79 Å². The first-order chi connectivity index (χ1) is 16.6. The molecule has 4 aromatic rings. The summed E-state index contributed by atoms with van der Waals surface area (Å²) in [5.74, 6) is 1.09. The fraction of sp³-hybridized carbons (Fsp3) is 0.172. The predicted molar refractivity (Wildman–Crippen MR) is 139 cm³/mol. The summed E-state index contributed by atoms with van der Waals surface area (Å²) in [6.45, 7) is 0. The number of hydrogen-bond donors (Lipinski definition) is 1. The van der Waals surface area contributed by atoms with Crippen molar-refractivity contribution in [2.75, 3.05) is 12.4 Å². The zero-order valence-corrected chi connectivity index (χ0v) is 20.3. The summed E-state index contributed by atoms with van der Waals surface area (Å²) in [6, 6.07) is 24.2. The Morgan fingerprint density at radius 3 is 2.68 bits per heavy atom. The number of nitrogens with zero attached hydrogens (tertiary/aromatic N) is 1. The molecule has 4 nitrogen and oxygen atoms in total. The van der Waals surface area contributed by atoms with E-state index in [4.69, 9.17) is 4.74 Å². The third-order valence-corrected chi connectivity index (χ3v) is 7.45. The number of pyridine rings is 1. The third kappa shape index (κ3) is 3.43. The van der Waals surface area contributed by atoms with Gasteiger partial charge in [-0.3, -0.25) is 9.78 Å². The van der Waals surface area contributed by atoms with Gasteiger partial charge < -0.3 is 10.1 Å². The molecule has 0 saturated carbocycles. The highest BCUT2D eigenvalue weighted by atomic mass is 79.9. The molecule has 5 heteroatoms. The molecule has 34 heavy (non-hydrogen) atoms. The van der Waals surface area contributed by atoms with E-state index >= 15 is 0 Å². The van der Waals surface area contributed by atoms with Crippen LogP contribution in [0.1, 0.15) is 41.5 Å². The maximum absolute atomic E-state index is 13.9. The topological polar surface area (TPSA) is 51.2 Å². The normalized spacial score (nSPS) is 19.4. The molecule has 2 atom stereocenters. The van der Waals surface area contributed by atoms with Crippen molar-refractivity contribution in [1.82, 2.24) is 4.98 Å². The second-order valence-electron chi connectivity index (χ2n) is 8.85. The number of methoxy groups -OCH3 is 1. The summed E-state index contributed by atoms with van der Waals surface area (Å²) in [5.41, 5.74) is 7.16. The quantitative estimate of drug-likeness (QED) is 0.320. The van der Waals surface area contributed by atoms with Crippen molar-refractivity contribution in [2.24, 2.45) is 0 Å². The number of aromatic nitrogens is 1. The Morgan fingerprint density at radius 2 is 1.85 bits per heavy atom. The lowest BCUT2D eigenvalue weighted by atomic mass is 9.71. The largest absolute Gasteiger partial charge is 0.496 e. The first kappa shape index (κ1) is 21.1. The Balaban J connectivity index is 1.60. The van der Waals surface area contributed by atoms with Crippen molar-refractivity contribution in [3.05, 3.63) is 106 Å². The van der Waals surface area contributed by atoms with Crippen molar-refractivity contribution < 1.29 is 9.53 Å². The number of ether oxygens (including phenoxy) is 1. The minimum atomic E-state index is -0.284. The highest BCUT2D eigenvalue weighted by Gasteiger charge is 2.39. The van der Waals surface area contributed by atoms with Gasteiger partial charge in [-0.2, -0.15) is 0 Å². The van der Waals surface area contributed by atoms with Crippen LogP contribution in [0, 0.1) is 0 Å². The number of allylic oxidation sites excluding steroid dienone is 1. The van der Waals surface area contributed by atoms with Crippen molar-refractivity contribution in [1.29, 1.82) is 0 Å². The van der Waals surface area contributed by atoms with Crippen LogP contribution in [0.15, 0.2) is 89.0 Å². The average Bonchev–Trinajstić information content (AvgIpc) is 2.88. The number of carbonyl (C=O) groups excluding carboxylic acids is 1. The van der Waals surface area contributed by atoms with Gasteiger partial charge in [0.15, 0.2) is 5.78 Å². The molecule has 168 valence electrons. The summed E-state index contributed by atoms with van der Waals surface area (Å²) in [7, 11) is 1.67. The lowest BCUT2D eigenvalue weighted by Crippen LogP contribution is -2.30. The fourth-order valence-corrected chi connectivity index (χ4v) is 5.83. The maximum Gasteiger partial charge on any atom is 0.162 e. The summed E-state index contributed by atoms with van der Waals surface area (Å²) < 4.78 is 6.66. The molecule has 0 spiro atoms. The van der Waals surface area contributed by atoms with E-state index < -0.39 is 0 Å². The number of fused-ring (bicyclic) bond motifs is 4. The Bertz CT molecular complexity index is 1460. The molecule has 1 aliphatic carbocycles. The molecule has 1 aliphatic heterocycles. The smallest absolute Gasteiger partial charge is 0.162 e. The number of rotatable bonds is 3. The van der Waals surface area contributed by atoms with E-state index in [0.29, 0.717) is 6.42 Å². The number of carbonyl (C=O) groups is 1. The molecular weight excluding hydrogens is 488 g/mol. The zero-order chi connectivity index (χ0) is 23.2. The van der Waals surface area contributed by atoms with Gasteiger partial charge >= 0.3 is 0 Å². The molecule has 0 radical (unpaired) electrons. The molecule has 2 heterocycles. The van der Waals surface area contributed by atoms with Crippen LogP contribution in [0.2, 0.25) is 0 Å². The first-order valence-corrected chi connectivity index (χ1v) is 12.2. The van der Waals surface area contributed by atoms with Crippen LogP contribution < -0.4 is 10.1 Å². The first-order valence-electron chi connectivity index (χ1n) is 11.4. The third-order valence-electron chi connectivity index (χ3n) is 6.96. The number of Topliss-reactive ketones (excluding diaryl/α,β-unsaturated/α-hetero) is 1. The Labute approximate surface area is 206 Å². The molecular formula is C29H23BrN2O2. The number of halogens is 1. The fourth-order valence-electron chi connectivity index (χ4n) is 5.45. The lowest BCUT2D eigenvalue weighted by molar-refractivity contribution is -0.116. The summed E-state index contributed by atoms with van der Waals surface area (Å²) in [6.07, 6.45) is 3.12. The molecule has 0 amide bonds. The van der Waals surface area contributed by atoms with Crippen LogP contribution in [0.5, 0.6) is 5.75 Å². The number of hydrogen-bond acceptors (Lipinski definition) is 4. The van der Waals surface area contributed by atoms with Gasteiger partial charge in [0.25, 0.3) is 0 Å². The molecule has 1 aromatic heterocycles. The van der Waals surface area contributed by atoms with Gasteiger partial charge in [0.2, 0.25) is 0 Å². The second-order valence-corrected chi connectivity index (χ2v) is 9.77. The highest BCUT2D eigenvalue weighted by molar-refractivity contribution is 9.10. The monoisotopic (exact) mass is 510 g/mol. The van der Waals surface area contributed by atoms with Gasteiger partial charge in [-0.1, -0.05) is 52.3 Å². The van der Waals surface area contributed by atoms with Crippen molar-refractivity contribution in [3.63, 3.8) is 0 Å². The summed E-state index contributed by atoms with van der Waals surface area (Å²) in [5, 5.41) is 4.75. The molecule has 2 aliphatic rings. The lowest BCUT2D eigenvalue weighted by Gasteiger charge is -2.37. The summed E-state index contributed by atoms with van der Waals surface area (Å²) >= 11 is 3.61. The van der Waals surface area contributed by atoms with E-state index in [1.54, 1.807) is 7.11 Å². The maximum atomic E-state index is 13.9. The van der Waals surface area contributed by atoms with E-state index in [2.05, 4.69) is 62.6 Å². The van der Waals surface area contributed by atoms with Crippen LogP contribution in [-0.4, -0.2) is 17.9 Å². The van der Waals surface area contributed by atoms with E-state index in [0.717, 1.165) is 55.5 Å². The van der Waals surface area contributed by atoms with Gasteiger partial charge in [0.1, 0.15) is 5.75 Å². The molecule has 6 rings (SSSR count). The predicted octanol–water partition coefficient (Wildman–Crippen LogP) is 7.07. The van der Waals surface area contributed by atoms with Crippen molar-refractivity contribution in [2.45, 2.75) is 24.8 Å². The van der Waals surface area contributed by atoms with Gasteiger partial charge in [-0.25, -0.2) is 0 Å². The van der Waals surface area contributed by atoms with Gasteiger partial charge in [-0.15, -0.1) is 0 Å². The van der Waals surface area contributed by atoms with Crippen LogP contribution in [0.3, 0.4) is 0 Å². The van der Waals surface area contributed by atoms with Crippen LogP contribution in [0.25, 0.3) is 16.5 Å². The van der Waals surface area contributed by atoms with Crippen molar-refractivity contribution >= 4 is 43.9 Å². The number of ketones is 1. The number of anilines is 1.